The summed E-state index contributed by atoms with van der Waals surface area (Å²) in [5.41, 5.74) is -0.619. The molecule has 0 bridgehead atoms. The van der Waals surface area contributed by atoms with E-state index in [-0.39, 0.29) is 17.0 Å². The minimum atomic E-state index is -0.383. The topological polar surface area (TPSA) is 38.3 Å². The minimum Gasteiger partial charge on any atom is -0.458 e. The lowest BCUT2D eigenvalue weighted by Crippen LogP contribution is -2.61. The van der Waals surface area contributed by atoms with E-state index < -0.39 is 0 Å². The number of hydrogen-bond donors (Lipinski definition) is 1. The Kier molecular flexibility index (Phi) is 4.46. The highest BCUT2D eigenvalue weighted by atomic mass is 32.1. The molecule has 0 spiro atoms. The molecule has 0 aromatic carbocycles. The van der Waals surface area contributed by atoms with E-state index in [1.807, 2.05) is 0 Å². The number of esters is 1. The fraction of sp³-hybridized carbons (Fsp3) is 0.750. The number of piperidine rings is 1. The number of nitrogens with one attached hydrogen (secondary N) is 1. The molecule has 3 nitrogen and oxygen atoms in total. The molecule has 1 saturated heterocycles. The van der Waals surface area contributed by atoms with E-state index in [2.05, 4.69) is 29.8 Å². The highest BCUT2D eigenvalue weighted by molar-refractivity contribution is 7.10. The molecule has 24 heavy (non-hydrogen) atoms. The predicted molar refractivity (Wildman–Crippen MR) is 97.3 cm³/mol. The molecule has 1 aliphatic heterocycles. The second-order valence-electron chi connectivity index (χ2n) is 8.24. The summed E-state index contributed by atoms with van der Waals surface area (Å²) in [7, 11) is 0. The first-order valence-corrected chi connectivity index (χ1v) is 10.5. The fourth-order valence-corrected chi connectivity index (χ4v) is 6.29. The molecule has 4 rings (SSSR count). The summed E-state index contributed by atoms with van der Waals surface area (Å²) in [5.74, 6) is 1.31. The lowest BCUT2D eigenvalue weighted by atomic mass is 9.59. The summed E-state index contributed by atoms with van der Waals surface area (Å²) in [5, 5.41) is 5.57. The van der Waals surface area contributed by atoms with E-state index in [9.17, 15) is 4.79 Å². The van der Waals surface area contributed by atoms with Crippen molar-refractivity contribution in [1.82, 2.24) is 5.32 Å². The fourth-order valence-electron chi connectivity index (χ4n) is 5.31. The van der Waals surface area contributed by atoms with E-state index in [1.165, 1.54) is 17.7 Å². The quantitative estimate of drug-likeness (QED) is 0.655. The van der Waals surface area contributed by atoms with Gasteiger partial charge >= 0.3 is 5.97 Å². The Morgan fingerprint density at radius 3 is 2.75 bits per heavy atom. The molecule has 3 fully saturated rings. The van der Waals surface area contributed by atoms with E-state index in [1.54, 1.807) is 11.3 Å². The van der Waals surface area contributed by atoms with Gasteiger partial charge in [-0.25, -0.2) is 0 Å². The van der Waals surface area contributed by atoms with Crippen LogP contribution < -0.4 is 5.32 Å². The van der Waals surface area contributed by atoms with Crippen molar-refractivity contribution in [1.29, 1.82) is 0 Å². The van der Waals surface area contributed by atoms with Crippen LogP contribution in [0.2, 0.25) is 0 Å². The summed E-state index contributed by atoms with van der Waals surface area (Å²) in [6.07, 6.45) is 8.84. The van der Waals surface area contributed by atoms with Gasteiger partial charge in [-0.15, -0.1) is 11.3 Å². The van der Waals surface area contributed by atoms with Crippen molar-refractivity contribution in [2.45, 2.75) is 69.3 Å². The molecule has 0 radical (unpaired) electrons. The van der Waals surface area contributed by atoms with Crippen molar-refractivity contribution in [2.24, 2.45) is 11.8 Å². The van der Waals surface area contributed by atoms with Crippen LogP contribution in [0.1, 0.15) is 63.2 Å². The lowest BCUT2D eigenvalue weighted by molar-refractivity contribution is -0.201. The van der Waals surface area contributed by atoms with E-state index in [0.717, 1.165) is 51.6 Å². The lowest BCUT2D eigenvalue weighted by Gasteiger charge is -2.55. The predicted octanol–water partition coefficient (Wildman–Crippen LogP) is 4.27. The summed E-state index contributed by atoms with van der Waals surface area (Å²) in [4.78, 5) is 14.6. The number of carbonyl (C=O) groups is 1. The van der Waals surface area contributed by atoms with E-state index in [4.69, 9.17) is 4.74 Å². The molecule has 1 aromatic rings. The second kappa shape index (κ2) is 6.45. The molecule has 1 aromatic heterocycles. The van der Waals surface area contributed by atoms with Gasteiger partial charge in [0.1, 0.15) is 11.0 Å². The molecule has 3 aliphatic rings. The zero-order valence-electron chi connectivity index (χ0n) is 14.7. The number of hydrogen-bond acceptors (Lipinski definition) is 4. The summed E-state index contributed by atoms with van der Waals surface area (Å²) in [6.45, 7) is 4.33. The average Bonchev–Trinajstić information content (AvgIpc) is 2.99. The smallest absolute Gasteiger partial charge is 0.317 e. The van der Waals surface area contributed by atoms with Crippen molar-refractivity contribution in [3.8, 4) is 0 Å². The van der Waals surface area contributed by atoms with Gasteiger partial charge in [-0.3, -0.25) is 4.79 Å². The normalized spacial score (nSPS) is 35.4. The Labute approximate surface area is 149 Å². The Morgan fingerprint density at radius 1 is 1.29 bits per heavy atom. The van der Waals surface area contributed by atoms with Crippen LogP contribution >= 0.6 is 11.3 Å². The number of ether oxygens (including phenoxy) is 1. The van der Waals surface area contributed by atoms with E-state index >= 15 is 0 Å². The van der Waals surface area contributed by atoms with Crippen LogP contribution in [0.15, 0.2) is 17.5 Å². The summed E-state index contributed by atoms with van der Waals surface area (Å²) < 4.78 is 6.31. The molecule has 1 N–H and O–H groups in total. The first-order valence-electron chi connectivity index (χ1n) is 9.62. The molecular weight excluding hydrogens is 318 g/mol. The highest BCUT2D eigenvalue weighted by Gasteiger charge is 2.56. The maximum absolute atomic E-state index is 13.4. The van der Waals surface area contributed by atoms with Crippen LogP contribution in [-0.2, 0) is 14.9 Å². The van der Waals surface area contributed by atoms with Gasteiger partial charge in [-0.2, -0.15) is 0 Å². The van der Waals surface area contributed by atoms with Gasteiger partial charge in [0, 0.05) is 10.8 Å². The SMILES string of the molecule is C[C@]1(OC(=O)C2(c3cccs3)CCCCCC2)CC2CNCCC21. The van der Waals surface area contributed by atoms with Crippen molar-refractivity contribution >= 4 is 17.3 Å². The van der Waals surface area contributed by atoms with Gasteiger partial charge in [-0.05, 0) is 63.1 Å². The van der Waals surface area contributed by atoms with Crippen molar-refractivity contribution in [3.63, 3.8) is 0 Å². The van der Waals surface area contributed by atoms with Gasteiger partial charge in [0.2, 0.25) is 0 Å². The maximum atomic E-state index is 13.4. The van der Waals surface area contributed by atoms with Gasteiger partial charge in [0.05, 0.1) is 0 Å². The Bertz CT molecular complexity index is 576. The Balaban J connectivity index is 1.56. The zero-order valence-corrected chi connectivity index (χ0v) is 15.5. The molecule has 0 amide bonds. The molecule has 2 heterocycles. The van der Waals surface area contributed by atoms with Gasteiger partial charge < -0.3 is 10.1 Å². The van der Waals surface area contributed by atoms with Crippen LogP contribution in [0.25, 0.3) is 0 Å². The molecule has 2 aliphatic carbocycles. The van der Waals surface area contributed by atoms with Crippen LogP contribution in [0.5, 0.6) is 0 Å². The van der Waals surface area contributed by atoms with Gasteiger partial charge in [-0.1, -0.05) is 31.7 Å². The van der Waals surface area contributed by atoms with Gasteiger partial charge in [0.25, 0.3) is 0 Å². The average molecular weight is 348 g/mol. The standard InChI is InChI=1S/C20H29NO2S/c1-19(13-15-14-21-11-8-16(15)19)23-18(22)20(17-7-6-12-24-17)9-4-2-3-5-10-20/h6-7,12,15-16,21H,2-5,8-11,13-14H2,1H3/t15?,16?,19-/m0/s1. The number of carbonyl (C=O) groups excluding carboxylic acids is 1. The molecule has 4 heteroatoms. The van der Waals surface area contributed by atoms with E-state index in [0.29, 0.717) is 11.8 Å². The van der Waals surface area contributed by atoms with Crippen molar-refractivity contribution in [2.75, 3.05) is 13.1 Å². The molecule has 2 saturated carbocycles. The van der Waals surface area contributed by atoms with Crippen molar-refractivity contribution < 1.29 is 9.53 Å². The third-order valence-corrected chi connectivity index (χ3v) is 7.80. The third-order valence-electron chi connectivity index (χ3n) is 6.73. The Morgan fingerprint density at radius 2 is 2.08 bits per heavy atom. The van der Waals surface area contributed by atoms with Crippen LogP contribution in [0, 0.1) is 11.8 Å². The van der Waals surface area contributed by atoms with Gasteiger partial charge in [0.15, 0.2) is 0 Å². The molecule has 2 unspecified atom stereocenters. The summed E-state index contributed by atoms with van der Waals surface area (Å²) in [6, 6.07) is 4.22. The van der Waals surface area contributed by atoms with Crippen LogP contribution in [0.3, 0.4) is 0 Å². The van der Waals surface area contributed by atoms with Crippen molar-refractivity contribution in [3.05, 3.63) is 22.4 Å². The number of fused-ring (bicyclic) bond motifs is 1. The monoisotopic (exact) mass is 347 g/mol. The zero-order chi connectivity index (χ0) is 16.6. The van der Waals surface area contributed by atoms with Crippen LogP contribution in [-0.4, -0.2) is 24.7 Å². The first-order chi connectivity index (χ1) is 11.6. The van der Waals surface area contributed by atoms with Crippen LogP contribution in [0.4, 0.5) is 0 Å². The first kappa shape index (κ1) is 16.6. The minimum absolute atomic E-state index is 0.0614. The molecule has 132 valence electrons. The largest absolute Gasteiger partial charge is 0.458 e. The molecule has 3 atom stereocenters. The second-order valence-corrected chi connectivity index (χ2v) is 9.19. The number of rotatable bonds is 3. The Hall–Kier alpha value is -0.870. The highest BCUT2D eigenvalue weighted by Crippen LogP contribution is 2.51. The maximum Gasteiger partial charge on any atom is 0.317 e. The third kappa shape index (κ3) is 2.72. The number of thiophene rings is 1. The molecular formula is C20H29NO2S. The summed E-state index contributed by atoms with van der Waals surface area (Å²) >= 11 is 1.73.